The minimum absolute atomic E-state index is 0.140. The Labute approximate surface area is 249 Å². The second kappa shape index (κ2) is 13.9. The highest BCUT2D eigenvalue weighted by Gasteiger charge is 2.34. The second-order valence-corrected chi connectivity index (χ2v) is 12.3. The van der Waals surface area contributed by atoms with Crippen molar-refractivity contribution in [2.24, 2.45) is 17.3 Å². The molecule has 1 aliphatic carbocycles. The molecule has 2 amide bonds. The van der Waals surface area contributed by atoms with Crippen molar-refractivity contribution in [1.82, 2.24) is 10.9 Å². The van der Waals surface area contributed by atoms with Crippen molar-refractivity contribution < 1.29 is 28.6 Å². The summed E-state index contributed by atoms with van der Waals surface area (Å²) in [5.41, 5.74) is 6.85. The molecule has 1 saturated heterocycles. The molecule has 2 fully saturated rings. The van der Waals surface area contributed by atoms with Gasteiger partial charge in [0.25, 0.3) is 5.91 Å². The first-order valence-electron chi connectivity index (χ1n) is 15.0. The van der Waals surface area contributed by atoms with Crippen LogP contribution in [0.4, 0.5) is 5.69 Å². The molecule has 2 aliphatic rings. The van der Waals surface area contributed by atoms with Crippen LogP contribution in [0.1, 0.15) is 81.6 Å². The summed E-state index contributed by atoms with van der Waals surface area (Å²) < 4.78 is 16.9. The molecule has 42 heavy (non-hydrogen) atoms. The molecule has 9 nitrogen and oxygen atoms in total. The van der Waals surface area contributed by atoms with Gasteiger partial charge in [0.1, 0.15) is 11.5 Å². The topological polar surface area (TPSA) is 106 Å². The van der Waals surface area contributed by atoms with Crippen LogP contribution in [0, 0.1) is 17.3 Å². The van der Waals surface area contributed by atoms with Crippen LogP contribution < -0.4 is 25.2 Å². The van der Waals surface area contributed by atoms with E-state index in [1.165, 1.54) is 0 Å². The monoisotopic (exact) mass is 579 g/mol. The smallest absolute Gasteiger partial charge is 0.306 e. The molecule has 0 bridgehead atoms. The highest BCUT2D eigenvalue weighted by Crippen LogP contribution is 2.45. The molecular formula is C33H45N3O6. The molecule has 0 spiro atoms. The number of hydrogen-bond donors (Lipinski definition) is 2. The van der Waals surface area contributed by atoms with E-state index in [4.69, 9.17) is 14.2 Å². The first-order valence-corrected chi connectivity index (χ1v) is 15.0. The molecule has 1 heterocycles. The van der Waals surface area contributed by atoms with E-state index in [9.17, 15) is 14.4 Å². The van der Waals surface area contributed by atoms with Gasteiger partial charge in [0.2, 0.25) is 5.91 Å². The van der Waals surface area contributed by atoms with Crippen LogP contribution in [-0.2, 0) is 14.3 Å². The number of benzene rings is 2. The number of hydrazine groups is 1. The SMILES string of the molecule is CCOC(=O)CC(c1cccc(OCC2CCN(c3cc(OC)ccc3C(=O)NNC(=O)C(C)(C)C)CC2)c1)C1CC1. The maximum Gasteiger partial charge on any atom is 0.306 e. The average molecular weight is 580 g/mol. The van der Waals surface area contributed by atoms with Crippen molar-refractivity contribution >= 4 is 23.5 Å². The number of esters is 1. The van der Waals surface area contributed by atoms with Crippen molar-refractivity contribution in [3.8, 4) is 11.5 Å². The fourth-order valence-electron chi connectivity index (χ4n) is 5.30. The van der Waals surface area contributed by atoms with Crippen molar-refractivity contribution in [1.29, 1.82) is 0 Å². The Hall–Kier alpha value is -3.75. The zero-order valence-corrected chi connectivity index (χ0v) is 25.5. The zero-order chi connectivity index (χ0) is 30.3. The van der Waals surface area contributed by atoms with E-state index in [0.29, 0.717) is 42.8 Å². The lowest BCUT2D eigenvalue weighted by Crippen LogP contribution is -2.47. The van der Waals surface area contributed by atoms with Gasteiger partial charge in [-0.05, 0) is 80.2 Å². The number of rotatable bonds is 11. The Morgan fingerprint density at radius 3 is 2.36 bits per heavy atom. The molecule has 2 aromatic rings. The van der Waals surface area contributed by atoms with Gasteiger partial charge in [-0.3, -0.25) is 25.2 Å². The first-order chi connectivity index (χ1) is 20.1. The predicted octanol–water partition coefficient (Wildman–Crippen LogP) is 5.24. The van der Waals surface area contributed by atoms with E-state index in [0.717, 1.165) is 55.8 Å². The van der Waals surface area contributed by atoms with Gasteiger partial charge in [0.05, 0.1) is 38.0 Å². The molecule has 1 aliphatic heterocycles. The lowest BCUT2D eigenvalue weighted by atomic mass is 9.91. The number of amides is 2. The first kappa shape index (κ1) is 31.2. The number of hydrogen-bond acceptors (Lipinski definition) is 7. The van der Waals surface area contributed by atoms with E-state index < -0.39 is 5.41 Å². The summed E-state index contributed by atoms with van der Waals surface area (Å²) >= 11 is 0. The molecule has 1 atom stereocenters. The third-order valence-electron chi connectivity index (χ3n) is 8.03. The largest absolute Gasteiger partial charge is 0.497 e. The van der Waals surface area contributed by atoms with E-state index in [1.807, 2.05) is 25.1 Å². The summed E-state index contributed by atoms with van der Waals surface area (Å²) in [4.78, 5) is 39.7. The lowest BCUT2D eigenvalue weighted by Gasteiger charge is -2.34. The van der Waals surface area contributed by atoms with Crippen LogP contribution in [0.15, 0.2) is 42.5 Å². The van der Waals surface area contributed by atoms with Crippen molar-refractivity contribution in [3.63, 3.8) is 0 Å². The lowest BCUT2D eigenvalue weighted by molar-refractivity contribution is -0.143. The highest BCUT2D eigenvalue weighted by molar-refractivity contribution is 6.01. The van der Waals surface area contributed by atoms with Crippen molar-refractivity contribution in [2.45, 2.75) is 65.7 Å². The second-order valence-electron chi connectivity index (χ2n) is 12.3. The van der Waals surface area contributed by atoms with Crippen LogP contribution in [-0.4, -0.2) is 51.2 Å². The van der Waals surface area contributed by atoms with Gasteiger partial charge in [-0.2, -0.15) is 0 Å². The minimum atomic E-state index is -0.622. The van der Waals surface area contributed by atoms with Crippen LogP contribution >= 0.6 is 0 Å². The summed E-state index contributed by atoms with van der Waals surface area (Å²) in [6.07, 6.45) is 4.53. The fourth-order valence-corrected chi connectivity index (χ4v) is 5.30. The number of piperidine rings is 1. The summed E-state index contributed by atoms with van der Waals surface area (Å²) in [5, 5.41) is 0. The molecule has 0 aromatic heterocycles. The molecular weight excluding hydrogens is 534 g/mol. The van der Waals surface area contributed by atoms with Gasteiger partial charge >= 0.3 is 5.97 Å². The third kappa shape index (κ3) is 8.39. The average Bonchev–Trinajstić information content (AvgIpc) is 3.82. The van der Waals surface area contributed by atoms with Gasteiger partial charge in [0.15, 0.2) is 0 Å². The quantitative estimate of drug-likeness (QED) is 0.277. The molecule has 2 aromatic carbocycles. The summed E-state index contributed by atoms with van der Waals surface area (Å²) in [6, 6.07) is 13.5. The zero-order valence-electron chi connectivity index (χ0n) is 25.5. The Morgan fingerprint density at radius 2 is 1.71 bits per heavy atom. The van der Waals surface area contributed by atoms with Gasteiger partial charge in [-0.1, -0.05) is 32.9 Å². The van der Waals surface area contributed by atoms with Crippen LogP contribution in [0.2, 0.25) is 0 Å². The van der Waals surface area contributed by atoms with E-state index in [-0.39, 0.29) is 23.7 Å². The highest BCUT2D eigenvalue weighted by atomic mass is 16.5. The maximum absolute atomic E-state index is 13.0. The van der Waals surface area contributed by atoms with Crippen molar-refractivity contribution in [3.05, 3.63) is 53.6 Å². The van der Waals surface area contributed by atoms with Gasteiger partial charge in [-0.15, -0.1) is 0 Å². The molecule has 228 valence electrons. The number of nitrogens with one attached hydrogen (secondary N) is 2. The normalized spacial score (nSPS) is 16.4. The number of anilines is 1. The Morgan fingerprint density at radius 1 is 0.976 bits per heavy atom. The summed E-state index contributed by atoms with van der Waals surface area (Å²) in [7, 11) is 1.60. The number of carbonyl (C=O) groups excluding carboxylic acids is 3. The minimum Gasteiger partial charge on any atom is -0.497 e. The van der Waals surface area contributed by atoms with E-state index >= 15 is 0 Å². The maximum atomic E-state index is 13.0. The summed E-state index contributed by atoms with van der Waals surface area (Å²) in [5.74, 6) is 1.80. The standard InChI is InChI=1S/C33H45N3O6/c1-6-41-30(37)20-28(23-10-11-23)24-8-7-9-26(18-24)42-21-22-14-16-36(17-15-22)29-19-25(40-5)12-13-27(29)31(38)34-35-32(39)33(2,3)4/h7-9,12-13,18-19,22-23,28H,6,10-11,14-17,20-21H2,1-5H3,(H,34,38)(H,35,39). The Bertz CT molecular complexity index is 1240. The fraction of sp³-hybridized carbons (Fsp3) is 0.545. The molecule has 0 radical (unpaired) electrons. The van der Waals surface area contributed by atoms with Gasteiger partial charge < -0.3 is 19.1 Å². The molecule has 9 heteroatoms. The number of nitrogens with zero attached hydrogens (tertiary/aromatic N) is 1. The third-order valence-corrected chi connectivity index (χ3v) is 8.03. The van der Waals surface area contributed by atoms with Gasteiger partial charge in [-0.25, -0.2) is 0 Å². The Kier molecular flexibility index (Phi) is 10.4. The molecule has 1 unspecified atom stereocenters. The summed E-state index contributed by atoms with van der Waals surface area (Å²) in [6.45, 7) is 9.73. The molecule has 4 rings (SSSR count). The van der Waals surface area contributed by atoms with Crippen LogP contribution in [0.3, 0.4) is 0 Å². The number of ether oxygens (including phenoxy) is 3. The molecule has 2 N–H and O–H groups in total. The number of methoxy groups -OCH3 is 1. The van der Waals surface area contributed by atoms with Crippen molar-refractivity contribution in [2.75, 3.05) is 38.3 Å². The predicted molar refractivity (Wildman–Crippen MR) is 162 cm³/mol. The van der Waals surface area contributed by atoms with Gasteiger partial charge in [0, 0.05) is 24.6 Å². The Balaban J connectivity index is 1.34. The number of carbonyl (C=O) groups is 3. The van der Waals surface area contributed by atoms with E-state index in [1.54, 1.807) is 40.0 Å². The van der Waals surface area contributed by atoms with E-state index in [2.05, 4.69) is 27.9 Å². The van der Waals surface area contributed by atoms with Crippen LogP contribution in [0.25, 0.3) is 0 Å². The molecule has 1 saturated carbocycles. The van der Waals surface area contributed by atoms with Crippen LogP contribution in [0.5, 0.6) is 11.5 Å².